The molecule has 0 radical (unpaired) electrons. The highest BCUT2D eigenvalue weighted by atomic mass is 16.2. The minimum Gasteiger partial charge on any atom is -0.404 e. The van der Waals surface area contributed by atoms with Crippen LogP contribution in [0.15, 0.2) is 54.7 Å². The largest absolute Gasteiger partial charge is 0.404 e. The summed E-state index contributed by atoms with van der Waals surface area (Å²) < 4.78 is 0. The number of pyridine rings is 1. The van der Waals surface area contributed by atoms with Gasteiger partial charge in [0.1, 0.15) is 17.3 Å². The average Bonchev–Trinajstić information content (AvgIpc) is 3.17. The predicted molar refractivity (Wildman–Crippen MR) is 110 cm³/mol. The first-order chi connectivity index (χ1) is 13.6. The van der Waals surface area contributed by atoms with Crippen LogP contribution in [0.3, 0.4) is 0 Å². The number of nitrogens with one attached hydrogen (secondary N) is 3. The Kier molecular flexibility index (Phi) is 4.53. The second-order valence-corrected chi connectivity index (χ2v) is 6.51. The second kappa shape index (κ2) is 7.15. The van der Waals surface area contributed by atoms with Crippen molar-refractivity contribution in [1.82, 2.24) is 25.5 Å². The number of hydrogen-bond donors (Lipinski definition) is 3. The van der Waals surface area contributed by atoms with Crippen molar-refractivity contribution in [2.75, 3.05) is 0 Å². The van der Waals surface area contributed by atoms with Crippen LogP contribution in [-0.2, 0) is 4.79 Å². The van der Waals surface area contributed by atoms with Gasteiger partial charge in [-0.25, -0.2) is 4.98 Å². The molecule has 2 aromatic carbocycles. The maximum atomic E-state index is 12.6. The Hall–Kier alpha value is -3.68. The predicted octanol–water partition coefficient (Wildman–Crippen LogP) is 1.56. The molecule has 1 atom stereocenters. The molecule has 2 aromatic heterocycles. The van der Waals surface area contributed by atoms with Crippen LogP contribution in [0.2, 0.25) is 0 Å². The number of aromatic amines is 1. The van der Waals surface area contributed by atoms with Crippen LogP contribution in [0.25, 0.3) is 33.3 Å². The van der Waals surface area contributed by atoms with Crippen LogP contribution in [0.5, 0.6) is 0 Å². The number of imidazole rings is 1. The van der Waals surface area contributed by atoms with Crippen LogP contribution >= 0.6 is 0 Å². The van der Waals surface area contributed by atoms with Gasteiger partial charge in [-0.3, -0.25) is 14.6 Å². The van der Waals surface area contributed by atoms with Gasteiger partial charge in [0.05, 0.1) is 11.1 Å². The van der Waals surface area contributed by atoms with Crippen molar-refractivity contribution in [2.45, 2.75) is 13.0 Å². The zero-order valence-corrected chi connectivity index (χ0v) is 15.5. The lowest BCUT2D eigenvalue weighted by molar-refractivity contribution is -0.120. The van der Waals surface area contributed by atoms with Gasteiger partial charge < -0.3 is 15.5 Å². The third kappa shape index (κ3) is 3.20. The van der Waals surface area contributed by atoms with Crippen LogP contribution in [0.4, 0.5) is 0 Å². The first-order valence-corrected chi connectivity index (χ1v) is 8.93. The monoisotopic (exact) mass is 371 g/mol. The molecule has 0 aliphatic rings. The highest BCUT2D eigenvalue weighted by Crippen LogP contribution is 2.24. The molecule has 2 amide bonds. The molecule has 0 unspecified atom stereocenters. The third-order valence-corrected chi connectivity index (χ3v) is 4.62. The Labute approximate surface area is 162 Å². The maximum absolute atomic E-state index is 12.6. The van der Waals surface area contributed by atoms with Crippen molar-refractivity contribution in [3.05, 3.63) is 60.3 Å². The molecule has 0 saturated carbocycles. The van der Waals surface area contributed by atoms with E-state index in [4.69, 9.17) is 0 Å². The summed E-state index contributed by atoms with van der Waals surface area (Å²) >= 11 is 0. The number of carbonyl (C=O) groups excluding carboxylic acids is 2. The lowest BCUT2D eigenvalue weighted by Crippen LogP contribution is -2.44. The quantitative estimate of drug-likeness (QED) is 0.474. The van der Waals surface area contributed by atoms with Crippen molar-refractivity contribution >= 4 is 41.6 Å². The highest BCUT2D eigenvalue weighted by Gasteiger charge is 2.19. The lowest BCUT2D eigenvalue weighted by atomic mass is 10.1. The van der Waals surface area contributed by atoms with Crippen molar-refractivity contribution in [1.29, 1.82) is 0 Å². The summed E-state index contributed by atoms with van der Waals surface area (Å²) in [5, 5.41) is 7.31. The first-order valence-electron chi connectivity index (χ1n) is 8.93. The van der Waals surface area contributed by atoms with Crippen molar-refractivity contribution < 1.29 is 9.59 Å². The Morgan fingerprint density at radius 2 is 1.89 bits per heavy atom. The number of H-pyrrole nitrogens is 1. The number of aromatic nitrogens is 3. The Balaban J connectivity index is 1.72. The topological polar surface area (TPSA) is 99.8 Å². The molecule has 4 aromatic rings. The fourth-order valence-electron chi connectivity index (χ4n) is 3.11. The van der Waals surface area contributed by atoms with Crippen LogP contribution < -0.4 is 10.5 Å². The van der Waals surface area contributed by atoms with Gasteiger partial charge >= 0.3 is 0 Å². The second-order valence-electron chi connectivity index (χ2n) is 6.51. The Morgan fingerprint density at radius 1 is 1.11 bits per heavy atom. The standard InChI is InChI=1S/C20H18BN5O2/c1-11(19(27)26-21)23-20(28)14-7-4-8-15-17(14)25-18(24-15)16-9-12-5-2-3-6-13(12)10-22-16/h2-11H,21H2,1H3,(H,23,28)(H,24,25)(H,26,27)/t11-/m0/s1. The highest BCUT2D eigenvalue weighted by molar-refractivity contribution is 6.16. The van der Waals surface area contributed by atoms with E-state index < -0.39 is 6.04 Å². The summed E-state index contributed by atoms with van der Waals surface area (Å²) in [6.07, 6.45) is 1.80. The van der Waals surface area contributed by atoms with Gasteiger partial charge in [-0.2, -0.15) is 0 Å². The number of nitrogens with zero attached hydrogens (tertiary/aromatic N) is 2. The summed E-state index contributed by atoms with van der Waals surface area (Å²) in [4.78, 5) is 36.6. The zero-order valence-electron chi connectivity index (χ0n) is 15.5. The normalized spacial score (nSPS) is 12.0. The Morgan fingerprint density at radius 3 is 2.68 bits per heavy atom. The molecule has 0 aliphatic carbocycles. The van der Waals surface area contributed by atoms with Gasteiger partial charge in [0.2, 0.25) is 13.9 Å². The molecule has 0 saturated heterocycles. The fourth-order valence-corrected chi connectivity index (χ4v) is 3.11. The van der Waals surface area contributed by atoms with E-state index in [1.807, 2.05) is 36.4 Å². The minimum atomic E-state index is -0.645. The fraction of sp³-hybridized carbons (Fsp3) is 0.100. The Bertz CT molecular complexity index is 1200. The zero-order chi connectivity index (χ0) is 19.7. The van der Waals surface area contributed by atoms with Crippen molar-refractivity contribution in [3.63, 3.8) is 0 Å². The van der Waals surface area contributed by atoms with Crippen LogP contribution in [-0.4, -0.2) is 40.8 Å². The SMILES string of the molecule is BNC(=O)[C@H](C)NC(=O)c1cccc2[nH]c(-c3cc4ccccc4cn3)nc12. The number of carbonyl (C=O) groups is 2. The molecule has 0 aliphatic heterocycles. The molecule has 0 spiro atoms. The molecule has 0 bridgehead atoms. The molecule has 7 nitrogen and oxygen atoms in total. The third-order valence-electron chi connectivity index (χ3n) is 4.62. The van der Waals surface area contributed by atoms with Crippen LogP contribution in [0.1, 0.15) is 17.3 Å². The maximum Gasteiger partial charge on any atom is 0.254 e. The first kappa shape index (κ1) is 17.7. The summed E-state index contributed by atoms with van der Waals surface area (Å²) in [6.45, 7) is 1.63. The number of amides is 2. The minimum absolute atomic E-state index is 0.261. The van der Waals surface area contributed by atoms with E-state index in [1.54, 1.807) is 25.3 Å². The van der Waals surface area contributed by atoms with Crippen molar-refractivity contribution in [3.8, 4) is 11.5 Å². The molecular weight excluding hydrogens is 353 g/mol. The van der Waals surface area contributed by atoms with E-state index >= 15 is 0 Å². The molecular formula is C20H18BN5O2. The molecule has 3 N–H and O–H groups in total. The smallest absolute Gasteiger partial charge is 0.254 e. The summed E-state index contributed by atoms with van der Waals surface area (Å²) in [7, 11) is 1.53. The van der Waals surface area contributed by atoms with Gasteiger partial charge in [-0.1, -0.05) is 30.3 Å². The van der Waals surface area contributed by atoms with Gasteiger partial charge in [-0.05, 0) is 30.5 Å². The van der Waals surface area contributed by atoms with E-state index in [1.165, 1.54) is 7.98 Å². The van der Waals surface area contributed by atoms with E-state index in [0.29, 0.717) is 22.6 Å². The van der Waals surface area contributed by atoms with Crippen molar-refractivity contribution in [2.24, 2.45) is 0 Å². The number of para-hydroxylation sites is 1. The number of benzene rings is 2. The summed E-state index contributed by atoms with van der Waals surface area (Å²) in [6, 6.07) is 14.6. The molecule has 138 valence electrons. The van der Waals surface area contributed by atoms with Gasteiger partial charge in [0.15, 0.2) is 5.82 Å². The van der Waals surface area contributed by atoms with Gasteiger partial charge in [-0.15, -0.1) is 0 Å². The lowest BCUT2D eigenvalue weighted by Gasteiger charge is -2.12. The van der Waals surface area contributed by atoms with E-state index in [0.717, 1.165) is 16.3 Å². The van der Waals surface area contributed by atoms with Crippen LogP contribution in [0, 0.1) is 0 Å². The number of hydrogen-bond acceptors (Lipinski definition) is 4. The average molecular weight is 371 g/mol. The molecule has 8 heteroatoms. The number of rotatable bonds is 4. The van der Waals surface area contributed by atoms with Gasteiger partial charge in [0, 0.05) is 11.6 Å². The molecule has 2 heterocycles. The van der Waals surface area contributed by atoms with Gasteiger partial charge in [0.25, 0.3) is 5.91 Å². The molecule has 4 rings (SSSR count). The molecule has 28 heavy (non-hydrogen) atoms. The van der Waals surface area contributed by atoms with E-state index in [9.17, 15) is 9.59 Å². The summed E-state index contributed by atoms with van der Waals surface area (Å²) in [5.74, 6) is -0.0322. The molecule has 0 fully saturated rings. The summed E-state index contributed by atoms with van der Waals surface area (Å²) in [5.41, 5.74) is 2.36. The van der Waals surface area contributed by atoms with E-state index in [-0.39, 0.29) is 11.8 Å². The number of fused-ring (bicyclic) bond motifs is 2. The van der Waals surface area contributed by atoms with E-state index in [2.05, 4.69) is 25.5 Å².